The maximum Gasteiger partial charge on any atom is 0.336 e. The number of rotatable bonds is 15. The van der Waals surface area contributed by atoms with Crippen LogP contribution in [0.2, 0.25) is 5.15 Å². The number of tetrazole rings is 1. The first kappa shape index (κ1) is 39.2. The summed E-state index contributed by atoms with van der Waals surface area (Å²) in [5, 5.41) is 24.5. The summed E-state index contributed by atoms with van der Waals surface area (Å²) in [5.74, 6) is 0.312. The van der Waals surface area contributed by atoms with Crippen LogP contribution in [0, 0.1) is 0 Å². The van der Waals surface area contributed by atoms with Gasteiger partial charge in [0.2, 0.25) is 0 Å². The van der Waals surface area contributed by atoms with Crippen molar-refractivity contribution in [3.05, 3.63) is 214 Å². The summed E-state index contributed by atoms with van der Waals surface area (Å²) in [6.45, 7) is 2.50. The van der Waals surface area contributed by atoms with Crippen LogP contribution < -0.4 is 0 Å². The second kappa shape index (κ2) is 17.4. The number of methoxy groups -OCH3 is 1. The summed E-state index contributed by atoms with van der Waals surface area (Å²) >= 11 is 7.02. The fourth-order valence-corrected chi connectivity index (χ4v) is 8.45. The first-order valence-electron chi connectivity index (χ1n) is 19.7. The zero-order valence-electron chi connectivity index (χ0n) is 32.8. The number of nitrogens with zero attached hydrogens (tertiary/aromatic N) is 6. The van der Waals surface area contributed by atoms with Crippen molar-refractivity contribution in [2.75, 3.05) is 7.11 Å². The summed E-state index contributed by atoms with van der Waals surface area (Å²) < 4.78 is 10.1. The number of carboxylic acids is 1. The molecule has 59 heavy (non-hydrogen) atoms. The highest BCUT2D eigenvalue weighted by atomic mass is 35.5. The summed E-state index contributed by atoms with van der Waals surface area (Å²) in [5.41, 5.74) is 6.96. The largest absolute Gasteiger partial charge is 0.478 e. The Balaban J connectivity index is 1.36. The first-order valence-corrected chi connectivity index (χ1v) is 20.1. The molecule has 2 aromatic heterocycles. The van der Waals surface area contributed by atoms with Gasteiger partial charge in [-0.3, -0.25) is 0 Å². The van der Waals surface area contributed by atoms with Gasteiger partial charge in [0.25, 0.3) is 0 Å². The van der Waals surface area contributed by atoms with Gasteiger partial charge >= 0.3 is 5.97 Å². The van der Waals surface area contributed by atoms with Crippen LogP contribution in [0.15, 0.2) is 164 Å². The highest BCUT2D eigenvalue weighted by molar-refractivity contribution is 6.30. The Morgan fingerprint density at radius 2 is 1.34 bits per heavy atom. The molecule has 0 saturated heterocycles. The van der Waals surface area contributed by atoms with Gasteiger partial charge in [-0.1, -0.05) is 177 Å². The van der Waals surface area contributed by atoms with E-state index in [9.17, 15) is 9.90 Å². The zero-order chi connectivity index (χ0) is 40.8. The Labute approximate surface area is 348 Å². The molecule has 0 aliphatic carbocycles. The van der Waals surface area contributed by atoms with E-state index < -0.39 is 17.6 Å². The molecule has 0 spiro atoms. The standard InChI is InChI=1S/C49H43ClN6O3/c1-3-4-29-43-51-46(50)44(45(59-2)40-27-17-18-28-41(40)48(57)58)55(43)33-34-30-31-39(35-19-9-5-10-20-35)42(32-34)47-52-53-54-56(47)49(36-21-11-6-12-22-36,37-23-13-7-14-24-37)38-25-15-8-16-26-38/h5-28,30-32,45H,3-4,29,33H2,1-2H3,(H,57,58). The van der Waals surface area contributed by atoms with Crippen molar-refractivity contribution < 1.29 is 14.6 Å². The number of imidazole rings is 1. The molecule has 0 bridgehead atoms. The lowest BCUT2D eigenvalue weighted by molar-refractivity contribution is 0.0686. The van der Waals surface area contributed by atoms with Crippen LogP contribution >= 0.6 is 11.6 Å². The summed E-state index contributed by atoms with van der Waals surface area (Å²) in [6, 6.07) is 54.5. The quantitative estimate of drug-likeness (QED) is 0.103. The Hall–Kier alpha value is -6.68. The minimum Gasteiger partial charge on any atom is -0.478 e. The first-order chi connectivity index (χ1) is 28.9. The molecule has 1 unspecified atom stereocenters. The van der Waals surface area contributed by atoms with Gasteiger partial charge in [0.05, 0.1) is 11.3 Å². The van der Waals surface area contributed by atoms with Crippen molar-refractivity contribution in [2.45, 2.75) is 44.4 Å². The van der Waals surface area contributed by atoms with Crippen molar-refractivity contribution in [2.24, 2.45) is 0 Å². The number of carboxylic acid groups (broad SMARTS) is 1. The van der Waals surface area contributed by atoms with Gasteiger partial charge in [-0.25, -0.2) is 14.5 Å². The summed E-state index contributed by atoms with van der Waals surface area (Å²) in [4.78, 5) is 17.3. The van der Waals surface area contributed by atoms with Crippen molar-refractivity contribution in [3.63, 3.8) is 0 Å². The third kappa shape index (κ3) is 7.46. The monoisotopic (exact) mass is 798 g/mol. The van der Waals surface area contributed by atoms with Gasteiger partial charge in [-0.15, -0.1) is 5.10 Å². The molecule has 8 aromatic rings. The van der Waals surface area contributed by atoms with E-state index in [0.29, 0.717) is 30.0 Å². The molecule has 294 valence electrons. The number of hydrogen-bond donors (Lipinski definition) is 1. The lowest BCUT2D eigenvalue weighted by atomic mass is 9.77. The van der Waals surface area contributed by atoms with Crippen LogP contribution in [0.5, 0.6) is 0 Å². The number of halogens is 1. The van der Waals surface area contributed by atoms with Crippen molar-refractivity contribution in [3.8, 4) is 22.5 Å². The van der Waals surface area contributed by atoms with Crippen LogP contribution in [-0.4, -0.2) is 47.9 Å². The molecule has 2 heterocycles. The van der Waals surface area contributed by atoms with Gasteiger partial charge in [0.15, 0.2) is 11.0 Å². The number of ether oxygens (including phenoxy) is 1. The van der Waals surface area contributed by atoms with Gasteiger partial charge in [-0.05, 0) is 62.4 Å². The number of aromatic nitrogens is 6. The predicted molar refractivity (Wildman–Crippen MR) is 230 cm³/mol. The number of aryl methyl sites for hydroxylation is 1. The molecule has 8 rings (SSSR count). The van der Waals surface area contributed by atoms with E-state index in [2.05, 4.69) is 83.4 Å². The number of benzene rings is 6. The Bertz CT molecular complexity index is 2570. The number of carbonyl (C=O) groups is 1. The smallest absolute Gasteiger partial charge is 0.336 e. The maximum absolute atomic E-state index is 12.4. The van der Waals surface area contributed by atoms with Gasteiger partial charge in [0.1, 0.15) is 17.5 Å². The van der Waals surface area contributed by atoms with E-state index >= 15 is 0 Å². The Morgan fingerprint density at radius 1 is 0.763 bits per heavy atom. The minimum absolute atomic E-state index is 0.137. The molecule has 10 heteroatoms. The molecule has 0 radical (unpaired) electrons. The third-order valence-electron chi connectivity index (χ3n) is 10.9. The maximum atomic E-state index is 12.4. The Kier molecular flexibility index (Phi) is 11.6. The molecule has 9 nitrogen and oxygen atoms in total. The number of aromatic carboxylic acids is 1. The van der Waals surface area contributed by atoms with Crippen LogP contribution in [0.25, 0.3) is 22.5 Å². The van der Waals surface area contributed by atoms with E-state index in [1.807, 2.05) is 77.5 Å². The molecule has 0 amide bonds. The van der Waals surface area contributed by atoms with Crippen LogP contribution in [-0.2, 0) is 23.2 Å². The molecule has 0 aliphatic rings. The normalized spacial score (nSPS) is 12.1. The van der Waals surface area contributed by atoms with E-state index in [0.717, 1.165) is 57.6 Å². The molecular weight excluding hydrogens is 756 g/mol. The molecule has 0 saturated carbocycles. The molecule has 0 fully saturated rings. The topological polar surface area (TPSA) is 108 Å². The van der Waals surface area contributed by atoms with Gasteiger partial charge in [0, 0.05) is 31.2 Å². The van der Waals surface area contributed by atoms with Crippen LogP contribution in [0.3, 0.4) is 0 Å². The van der Waals surface area contributed by atoms with Gasteiger partial charge < -0.3 is 14.4 Å². The average molecular weight is 799 g/mol. The van der Waals surface area contributed by atoms with Crippen molar-refractivity contribution in [1.82, 2.24) is 29.8 Å². The predicted octanol–water partition coefficient (Wildman–Crippen LogP) is 10.5. The van der Waals surface area contributed by atoms with E-state index in [-0.39, 0.29) is 10.7 Å². The molecule has 6 aromatic carbocycles. The summed E-state index contributed by atoms with van der Waals surface area (Å²) in [6.07, 6.45) is 1.73. The molecule has 1 atom stereocenters. The SMILES string of the molecule is CCCCc1nc(Cl)c(C(OC)c2ccccc2C(=O)O)n1Cc1ccc(-c2ccccc2)c(-c2nnnn2C(c2ccccc2)(c2ccccc2)c2ccccc2)c1. The second-order valence-corrected chi connectivity index (χ2v) is 14.7. The van der Waals surface area contributed by atoms with Crippen LogP contribution in [0.4, 0.5) is 0 Å². The van der Waals surface area contributed by atoms with Crippen molar-refractivity contribution >= 4 is 17.6 Å². The lowest BCUT2D eigenvalue weighted by Crippen LogP contribution is -2.39. The number of unbranched alkanes of at least 4 members (excludes halogenated alkanes) is 1. The minimum atomic E-state index is -1.05. The van der Waals surface area contributed by atoms with Gasteiger partial charge in [-0.2, -0.15) is 0 Å². The molecular formula is C49H43ClN6O3. The van der Waals surface area contributed by atoms with Crippen LogP contribution in [0.1, 0.15) is 75.6 Å². The second-order valence-electron chi connectivity index (χ2n) is 14.4. The summed E-state index contributed by atoms with van der Waals surface area (Å²) in [7, 11) is 1.56. The highest BCUT2D eigenvalue weighted by Crippen LogP contribution is 2.44. The lowest BCUT2D eigenvalue weighted by Gasteiger charge is -2.36. The highest BCUT2D eigenvalue weighted by Gasteiger charge is 2.42. The molecule has 1 N–H and O–H groups in total. The van der Waals surface area contributed by atoms with E-state index in [1.54, 1.807) is 31.4 Å². The zero-order valence-corrected chi connectivity index (χ0v) is 33.6. The van der Waals surface area contributed by atoms with Crippen molar-refractivity contribution in [1.29, 1.82) is 0 Å². The van der Waals surface area contributed by atoms with E-state index in [4.69, 9.17) is 31.6 Å². The Morgan fingerprint density at radius 3 is 1.92 bits per heavy atom. The fraction of sp³-hybridized carbons (Fsp3) is 0.163. The van der Waals surface area contributed by atoms with E-state index in [1.165, 1.54) is 0 Å². The fourth-order valence-electron chi connectivity index (χ4n) is 8.15. The average Bonchev–Trinajstić information content (AvgIpc) is 3.89. The molecule has 0 aliphatic heterocycles. The third-order valence-corrected chi connectivity index (χ3v) is 11.1. The number of hydrogen-bond acceptors (Lipinski definition) is 6.